The van der Waals surface area contributed by atoms with Crippen molar-refractivity contribution in [1.29, 1.82) is 0 Å². The molecule has 3 aromatic rings. The number of thiazole rings is 1. The van der Waals surface area contributed by atoms with Crippen LogP contribution in [0, 0.1) is 12.7 Å². The summed E-state index contributed by atoms with van der Waals surface area (Å²) in [4.78, 5) is 13.7. The van der Waals surface area contributed by atoms with Gasteiger partial charge in [-0.2, -0.15) is 0 Å². The first kappa shape index (κ1) is 17.0. The van der Waals surface area contributed by atoms with E-state index in [9.17, 15) is 4.39 Å². The Hall–Kier alpha value is -1.85. The molecule has 0 fully saturated rings. The van der Waals surface area contributed by atoms with Crippen LogP contribution in [0.4, 0.5) is 4.39 Å². The second-order valence-electron chi connectivity index (χ2n) is 6.59. The zero-order valence-electron chi connectivity index (χ0n) is 13.9. The van der Waals surface area contributed by atoms with Crippen LogP contribution in [0.25, 0.3) is 21.8 Å². The maximum Gasteiger partial charge on any atom is 0.222 e. The average molecular weight is 362 g/mol. The minimum atomic E-state index is -0.260. The molecule has 0 radical (unpaired) electrons. The Kier molecular flexibility index (Phi) is 4.40. The molecule has 0 saturated heterocycles. The highest BCUT2D eigenvalue weighted by molar-refractivity contribution is 7.15. The van der Waals surface area contributed by atoms with Crippen LogP contribution in [0.1, 0.15) is 31.3 Å². The van der Waals surface area contributed by atoms with Gasteiger partial charge in [-0.1, -0.05) is 32.9 Å². The highest BCUT2D eigenvalue weighted by Gasteiger charge is 2.25. The van der Waals surface area contributed by atoms with Gasteiger partial charge in [-0.15, -0.1) is 11.3 Å². The van der Waals surface area contributed by atoms with Gasteiger partial charge >= 0.3 is 0 Å². The Morgan fingerprint density at radius 1 is 1.12 bits per heavy atom. The second kappa shape index (κ2) is 6.22. The molecule has 3 nitrogen and oxygen atoms in total. The lowest BCUT2D eigenvalue weighted by Gasteiger charge is -2.13. The van der Waals surface area contributed by atoms with E-state index in [1.54, 1.807) is 31.3 Å². The van der Waals surface area contributed by atoms with E-state index in [0.717, 1.165) is 9.88 Å². The third kappa shape index (κ3) is 3.19. The summed E-state index contributed by atoms with van der Waals surface area (Å²) in [5.41, 5.74) is 2.17. The minimum absolute atomic E-state index is 0.144. The maximum absolute atomic E-state index is 14.7. The van der Waals surface area contributed by atoms with Gasteiger partial charge in [0.1, 0.15) is 5.82 Å². The van der Waals surface area contributed by atoms with E-state index in [4.69, 9.17) is 16.6 Å². The van der Waals surface area contributed by atoms with Crippen LogP contribution in [-0.4, -0.2) is 15.0 Å². The van der Waals surface area contributed by atoms with Crippen molar-refractivity contribution >= 4 is 22.9 Å². The van der Waals surface area contributed by atoms with E-state index in [0.29, 0.717) is 22.5 Å². The zero-order valence-corrected chi connectivity index (χ0v) is 15.5. The molecule has 0 aliphatic carbocycles. The minimum Gasteiger partial charge on any atom is -0.240 e. The number of aryl methyl sites for hydroxylation is 1. The Morgan fingerprint density at radius 2 is 1.88 bits per heavy atom. The Labute approximate surface area is 149 Å². The molecule has 124 valence electrons. The summed E-state index contributed by atoms with van der Waals surface area (Å²) < 4.78 is 14.7. The van der Waals surface area contributed by atoms with Crippen molar-refractivity contribution < 1.29 is 4.39 Å². The van der Waals surface area contributed by atoms with E-state index < -0.39 is 0 Å². The molecule has 1 aromatic carbocycles. The van der Waals surface area contributed by atoms with Crippen molar-refractivity contribution in [1.82, 2.24) is 15.0 Å². The molecular formula is C18H17ClFN3S. The van der Waals surface area contributed by atoms with Crippen molar-refractivity contribution in [2.45, 2.75) is 33.1 Å². The molecular weight excluding hydrogens is 345 g/mol. The molecule has 0 saturated carbocycles. The number of aromatic nitrogens is 3. The van der Waals surface area contributed by atoms with Crippen molar-refractivity contribution in [2.24, 2.45) is 0 Å². The van der Waals surface area contributed by atoms with Crippen molar-refractivity contribution in [3.05, 3.63) is 52.1 Å². The third-order valence-corrected chi connectivity index (χ3v) is 5.26. The van der Waals surface area contributed by atoms with Crippen LogP contribution >= 0.6 is 22.9 Å². The Bertz CT molecular complexity index is 900. The first-order valence-electron chi connectivity index (χ1n) is 7.53. The molecule has 0 N–H and O–H groups in total. The SMILES string of the molecule is Cc1cccc(-c2nc(C(C)(C)C)sc2-c2ccnc(Cl)n2)c1F. The first-order valence-corrected chi connectivity index (χ1v) is 8.72. The van der Waals surface area contributed by atoms with Crippen LogP contribution < -0.4 is 0 Å². The average Bonchev–Trinajstić information content (AvgIpc) is 2.95. The van der Waals surface area contributed by atoms with Crippen molar-refractivity contribution in [3.8, 4) is 21.8 Å². The summed E-state index contributed by atoms with van der Waals surface area (Å²) >= 11 is 7.45. The van der Waals surface area contributed by atoms with Gasteiger partial charge in [0.15, 0.2) is 0 Å². The highest BCUT2D eigenvalue weighted by atomic mass is 35.5. The quantitative estimate of drug-likeness (QED) is 0.552. The normalized spacial score (nSPS) is 11.8. The van der Waals surface area contributed by atoms with Crippen LogP contribution in [0.5, 0.6) is 0 Å². The molecule has 0 amide bonds. The lowest BCUT2D eigenvalue weighted by Crippen LogP contribution is -2.10. The lowest BCUT2D eigenvalue weighted by molar-refractivity contribution is 0.585. The predicted molar refractivity (Wildman–Crippen MR) is 97.0 cm³/mol. The smallest absolute Gasteiger partial charge is 0.222 e. The second-order valence-corrected chi connectivity index (χ2v) is 7.93. The van der Waals surface area contributed by atoms with Gasteiger partial charge in [0.2, 0.25) is 5.28 Å². The lowest BCUT2D eigenvalue weighted by atomic mass is 9.98. The summed E-state index contributed by atoms with van der Waals surface area (Å²) in [5, 5.41) is 1.08. The number of nitrogens with zero attached hydrogens (tertiary/aromatic N) is 3. The summed E-state index contributed by atoms with van der Waals surface area (Å²) in [7, 11) is 0. The fourth-order valence-electron chi connectivity index (χ4n) is 2.29. The molecule has 0 atom stereocenters. The topological polar surface area (TPSA) is 38.7 Å². The molecule has 0 aliphatic rings. The van der Waals surface area contributed by atoms with E-state index >= 15 is 0 Å². The highest BCUT2D eigenvalue weighted by Crippen LogP contribution is 2.41. The molecule has 0 aliphatic heterocycles. The van der Waals surface area contributed by atoms with Crippen LogP contribution in [0.3, 0.4) is 0 Å². The number of hydrogen-bond acceptors (Lipinski definition) is 4. The van der Waals surface area contributed by atoms with E-state index in [2.05, 4.69) is 30.7 Å². The van der Waals surface area contributed by atoms with Gasteiger partial charge < -0.3 is 0 Å². The van der Waals surface area contributed by atoms with E-state index in [1.165, 1.54) is 11.3 Å². The van der Waals surface area contributed by atoms with Crippen LogP contribution in [0.15, 0.2) is 30.5 Å². The Balaban J connectivity index is 2.28. The van der Waals surface area contributed by atoms with Gasteiger partial charge in [0.05, 0.1) is 21.3 Å². The van der Waals surface area contributed by atoms with E-state index in [1.807, 2.05) is 6.07 Å². The maximum atomic E-state index is 14.7. The molecule has 6 heteroatoms. The van der Waals surface area contributed by atoms with Gasteiger partial charge in [-0.3, -0.25) is 0 Å². The standard InChI is InChI=1S/C18H17ClFN3S/c1-10-6-5-7-11(13(10)20)14-15(12-8-9-21-17(19)22-12)24-16(23-14)18(2,3)4/h5-9H,1-4H3. The monoisotopic (exact) mass is 361 g/mol. The number of hydrogen-bond donors (Lipinski definition) is 0. The van der Waals surface area contributed by atoms with Crippen LogP contribution in [-0.2, 0) is 5.41 Å². The fourth-order valence-corrected chi connectivity index (χ4v) is 3.54. The first-order chi connectivity index (χ1) is 11.3. The van der Waals surface area contributed by atoms with Crippen molar-refractivity contribution in [2.75, 3.05) is 0 Å². The van der Waals surface area contributed by atoms with Gasteiger partial charge in [0, 0.05) is 17.2 Å². The summed E-state index contributed by atoms with van der Waals surface area (Å²) in [5.74, 6) is -0.260. The third-order valence-electron chi connectivity index (χ3n) is 3.57. The summed E-state index contributed by atoms with van der Waals surface area (Å²) in [6.45, 7) is 7.99. The number of rotatable bonds is 2. The molecule has 2 aromatic heterocycles. The molecule has 0 spiro atoms. The molecule has 2 heterocycles. The van der Waals surface area contributed by atoms with Gasteiger partial charge in [-0.25, -0.2) is 19.3 Å². The van der Waals surface area contributed by atoms with Crippen LogP contribution in [0.2, 0.25) is 5.28 Å². The molecule has 3 rings (SSSR count). The number of halogens is 2. The Morgan fingerprint density at radius 3 is 2.54 bits per heavy atom. The van der Waals surface area contributed by atoms with Crippen molar-refractivity contribution in [3.63, 3.8) is 0 Å². The van der Waals surface area contributed by atoms with E-state index in [-0.39, 0.29) is 16.5 Å². The summed E-state index contributed by atoms with van der Waals surface area (Å²) in [6, 6.07) is 7.09. The largest absolute Gasteiger partial charge is 0.240 e. The molecule has 0 bridgehead atoms. The zero-order chi connectivity index (χ0) is 17.5. The fraction of sp³-hybridized carbons (Fsp3) is 0.278. The predicted octanol–water partition coefficient (Wildman–Crippen LogP) is 5.67. The van der Waals surface area contributed by atoms with Gasteiger partial charge in [0.25, 0.3) is 0 Å². The van der Waals surface area contributed by atoms with Gasteiger partial charge in [-0.05, 0) is 36.2 Å². The number of benzene rings is 1. The summed E-state index contributed by atoms with van der Waals surface area (Å²) in [6.07, 6.45) is 1.59. The molecule has 0 unspecified atom stereocenters. The molecule has 24 heavy (non-hydrogen) atoms.